The van der Waals surface area contributed by atoms with E-state index in [0.29, 0.717) is 23.7 Å². The zero-order valence-electron chi connectivity index (χ0n) is 19.8. The summed E-state index contributed by atoms with van der Waals surface area (Å²) in [5.41, 5.74) is 1.63. The molecule has 1 N–H and O–H groups in total. The van der Waals surface area contributed by atoms with Crippen molar-refractivity contribution in [2.75, 3.05) is 7.05 Å². The first-order valence-corrected chi connectivity index (χ1v) is 13.3. The molecule has 3 heterocycles. The summed E-state index contributed by atoms with van der Waals surface area (Å²) >= 11 is 0. The van der Waals surface area contributed by atoms with Gasteiger partial charge in [-0.25, -0.2) is 0 Å². The highest BCUT2D eigenvalue weighted by Gasteiger charge is 2.45. The lowest BCUT2D eigenvalue weighted by Crippen LogP contribution is -2.58. The Bertz CT molecular complexity index is 1030. The second-order valence-corrected chi connectivity index (χ2v) is 11.2. The predicted molar refractivity (Wildman–Crippen MR) is 130 cm³/mol. The quantitative estimate of drug-likeness (QED) is 0.524. The van der Waals surface area contributed by atoms with Crippen LogP contribution < -0.4 is 5.32 Å². The molecule has 4 aliphatic rings. The molecular weight excluding hydrogens is 410 g/mol. The standard InChI is InChI=1S/C28H37N3O2/c1-29-28(33)27(32)25-17-30(26-11-3-2-10-24(25)26)22-15-20-8-5-9-21(16-22)31(20)23-13-18-6-4-7-19(12-18)14-23/h2-3,10-11,17-23H,4-9,12-16H2,1H3,(H,29,33). The molecule has 6 rings (SSSR count). The third kappa shape index (κ3) is 3.73. The summed E-state index contributed by atoms with van der Waals surface area (Å²) in [6, 6.07) is 10.6. The van der Waals surface area contributed by atoms with E-state index in [4.69, 9.17) is 0 Å². The van der Waals surface area contributed by atoms with E-state index in [1.165, 1.54) is 64.8 Å². The number of para-hydroxylation sites is 1. The molecule has 4 fully saturated rings. The predicted octanol–water partition coefficient (Wildman–Crippen LogP) is 5.10. The molecule has 4 atom stereocenters. The van der Waals surface area contributed by atoms with Crippen LogP contribution in [0.1, 0.15) is 87.0 Å². The van der Waals surface area contributed by atoms with Crippen LogP contribution in [0.15, 0.2) is 30.5 Å². The van der Waals surface area contributed by atoms with Gasteiger partial charge in [-0.05, 0) is 62.8 Å². The molecular formula is C28H37N3O2. The van der Waals surface area contributed by atoms with Crippen LogP contribution in [0.25, 0.3) is 10.9 Å². The molecule has 2 saturated heterocycles. The van der Waals surface area contributed by atoms with Gasteiger partial charge in [-0.1, -0.05) is 43.9 Å². The molecule has 4 unspecified atom stereocenters. The third-order valence-electron chi connectivity index (χ3n) is 9.34. The average molecular weight is 448 g/mol. The van der Waals surface area contributed by atoms with Crippen LogP contribution in [0.5, 0.6) is 0 Å². The number of amides is 1. The number of benzene rings is 1. The number of carbonyl (C=O) groups excluding carboxylic acids is 2. The van der Waals surface area contributed by atoms with Crippen LogP contribution in [-0.4, -0.2) is 46.3 Å². The summed E-state index contributed by atoms with van der Waals surface area (Å²) in [7, 11) is 1.52. The minimum atomic E-state index is -0.535. The normalized spacial score (nSPS) is 34.2. The molecule has 1 aromatic carbocycles. The number of fused-ring (bicyclic) bond motifs is 5. The molecule has 4 bridgehead atoms. The van der Waals surface area contributed by atoms with E-state index < -0.39 is 11.7 Å². The molecule has 2 aromatic rings. The third-order valence-corrected chi connectivity index (χ3v) is 9.34. The molecule has 0 radical (unpaired) electrons. The number of nitrogens with one attached hydrogen (secondary N) is 1. The molecule has 2 aliphatic heterocycles. The Morgan fingerprint density at radius 1 is 0.818 bits per heavy atom. The van der Waals surface area contributed by atoms with Gasteiger partial charge in [0.2, 0.25) is 0 Å². The zero-order chi connectivity index (χ0) is 22.5. The van der Waals surface area contributed by atoms with Gasteiger partial charge in [0.25, 0.3) is 11.7 Å². The van der Waals surface area contributed by atoms with Crippen LogP contribution in [0.3, 0.4) is 0 Å². The molecule has 1 aromatic heterocycles. The fraction of sp³-hybridized carbons (Fsp3) is 0.643. The first-order chi connectivity index (χ1) is 16.1. The summed E-state index contributed by atoms with van der Waals surface area (Å²) in [5.74, 6) is 0.964. The Hall–Kier alpha value is -2.14. The smallest absolute Gasteiger partial charge is 0.292 e. The molecule has 5 nitrogen and oxygen atoms in total. The van der Waals surface area contributed by atoms with Crippen LogP contribution in [0, 0.1) is 11.8 Å². The summed E-state index contributed by atoms with van der Waals surface area (Å²) < 4.78 is 2.34. The molecule has 2 saturated carbocycles. The summed E-state index contributed by atoms with van der Waals surface area (Å²) in [5, 5.41) is 3.41. The van der Waals surface area contributed by atoms with E-state index in [2.05, 4.69) is 20.9 Å². The van der Waals surface area contributed by atoms with Gasteiger partial charge < -0.3 is 9.88 Å². The lowest BCUT2D eigenvalue weighted by molar-refractivity contribution is -0.116. The van der Waals surface area contributed by atoms with Crippen molar-refractivity contribution in [2.24, 2.45) is 11.8 Å². The second kappa shape index (κ2) is 8.57. The van der Waals surface area contributed by atoms with Crippen molar-refractivity contribution in [3.8, 4) is 0 Å². The fourth-order valence-corrected chi connectivity index (χ4v) is 8.08. The lowest BCUT2D eigenvalue weighted by atomic mass is 9.68. The minimum Gasteiger partial charge on any atom is -0.352 e. The second-order valence-electron chi connectivity index (χ2n) is 11.2. The maximum absolute atomic E-state index is 12.8. The van der Waals surface area contributed by atoms with Gasteiger partial charge in [0, 0.05) is 48.3 Å². The molecule has 5 heteroatoms. The van der Waals surface area contributed by atoms with Crippen LogP contribution >= 0.6 is 0 Å². The number of Topliss-reactive ketones (excluding diaryl/α,β-unsaturated/α-hetero) is 1. The van der Waals surface area contributed by atoms with Gasteiger partial charge in [-0.2, -0.15) is 0 Å². The van der Waals surface area contributed by atoms with Gasteiger partial charge in [-0.15, -0.1) is 0 Å². The van der Waals surface area contributed by atoms with Gasteiger partial charge in [0.05, 0.1) is 5.56 Å². The van der Waals surface area contributed by atoms with Crippen molar-refractivity contribution in [1.29, 1.82) is 0 Å². The van der Waals surface area contributed by atoms with E-state index in [-0.39, 0.29) is 0 Å². The molecule has 2 aliphatic carbocycles. The van der Waals surface area contributed by atoms with Crippen molar-refractivity contribution < 1.29 is 9.59 Å². The molecule has 0 spiro atoms. The van der Waals surface area contributed by atoms with E-state index >= 15 is 0 Å². The molecule has 1 amide bonds. The summed E-state index contributed by atoms with van der Waals surface area (Å²) in [6.07, 6.45) is 17.0. The van der Waals surface area contributed by atoms with E-state index in [9.17, 15) is 9.59 Å². The van der Waals surface area contributed by atoms with Crippen LogP contribution in [0.4, 0.5) is 0 Å². The largest absolute Gasteiger partial charge is 0.352 e. The van der Waals surface area contributed by atoms with Gasteiger partial charge in [0.1, 0.15) is 0 Å². The highest BCUT2D eigenvalue weighted by Crippen LogP contribution is 2.48. The van der Waals surface area contributed by atoms with Crippen LogP contribution in [0.2, 0.25) is 0 Å². The van der Waals surface area contributed by atoms with E-state index in [1.54, 1.807) is 0 Å². The maximum Gasteiger partial charge on any atom is 0.292 e. The number of carbonyl (C=O) groups is 2. The van der Waals surface area contributed by atoms with Crippen molar-refractivity contribution >= 4 is 22.6 Å². The lowest BCUT2D eigenvalue weighted by Gasteiger charge is -2.55. The first kappa shape index (κ1) is 21.4. The number of aromatic nitrogens is 1. The Labute approximate surface area is 196 Å². The van der Waals surface area contributed by atoms with Crippen molar-refractivity contribution in [3.63, 3.8) is 0 Å². The summed E-state index contributed by atoms with van der Waals surface area (Å²) in [6.45, 7) is 0. The Balaban J connectivity index is 1.29. The number of nitrogens with zero attached hydrogens (tertiary/aromatic N) is 2. The van der Waals surface area contributed by atoms with Gasteiger partial charge in [-0.3, -0.25) is 14.5 Å². The Kier molecular flexibility index (Phi) is 5.56. The number of piperidine rings is 2. The SMILES string of the molecule is CNC(=O)C(=O)c1cn(C2CC3CCCC(C2)N3C2CC3CCCC(C3)C2)c2ccccc12. The number of ketones is 1. The number of rotatable bonds is 4. The van der Waals surface area contributed by atoms with Crippen molar-refractivity contribution in [1.82, 2.24) is 14.8 Å². The molecule has 33 heavy (non-hydrogen) atoms. The monoisotopic (exact) mass is 447 g/mol. The molecule has 176 valence electrons. The van der Waals surface area contributed by atoms with Crippen molar-refractivity contribution in [3.05, 3.63) is 36.0 Å². The van der Waals surface area contributed by atoms with E-state index in [1.807, 2.05) is 24.4 Å². The summed E-state index contributed by atoms with van der Waals surface area (Å²) in [4.78, 5) is 27.9. The topological polar surface area (TPSA) is 54.3 Å². The van der Waals surface area contributed by atoms with Gasteiger partial charge in [0.15, 0.2) is 0 Å². The Morgan fingerprint density at radius 2 is 1.48 bits per heavy atom. The van der Waals surface area contributed by atoms with E-state index in [0.717, 1.165) is 41.6 Å². The highest BCUT2D eigenvalue weighted by atomic mass is 16.2. The average Bonchev–Trinajstić information content (AvgIpc) is 3.21. The number of hydrogen-bond donors (Lipinski definition) is 1. The number of hydrogen-bond acceptors (Lipinski definition) is 3. The van der Waals surface area contributed by atoms with Crippen molar-refractivity contribution in [2.45, 2.75) is 94.8 Å². The highest BCUT2D eigenvalue weighted by molar-refractivity contribution is 6.44. The zero-order valence-corrected chi connectivity index (χ0v) is 19.8. The first-order valence-electron chi connectivity index (χ1n) is 13.3. The fourth-order valence-electron chi connectivity index (χ4n) is 8.08. The minimum absolute atomic E-state index is 0.399. The van der Waals surface area contributed by atoms with Crippen LogP contribution in [-0.2, 0) is 4.79 Å². The number of likely N-dealkylation sites (N-methyl/N-ethyl adjacent to an activating group) is 1. The Morgan fingerprint density at radius 3 is 2.18 bits per heavy atom. The maximum atomic E-state index is 12.8. The van der Waals surface area contributed by atoms with Gasteiger partial charge >= 0.3 is 0 Å².